The normalized spacial score (nSPS) is 17.5. The summed E-state index contributed by atoms with van der Waals surface area (Å²) < 4.78 is 25.7. The van der Waals surface area contributed by atoms with Crippen LogP contribution in [0.3, 0.4) is 0 Å². The molecule has 0 saturated heterocycles. The van der Waals surface area contributed by atoms with Gasteiger partial charge in [-0.3, -0.25) is 0 Å². The lowest BCUT2D eigenvalue weighted by molar-refractivity contribution is 0.608. The van der Waals surface area contributed by atoms with Gasteiger partial charge in [-0.05, 0) is 63.1 Å². The molecule has 42 heavy (non-hydrogen) atoms. The SMILES string of the molecule is [2H]C([2H])([2H])c1ccc([Si](C)(C)c2cccc3c2Sc2ccccc2C3(C)C)cc1-c1cccc2c1Sc1ccccc1C2(C)C. The second-order valence-corrected chi connectivity index (χ2v) is 19.7. The first-order valence-electron chi connectivity index (χ1n) is 16.2. The topological polar surface area (TPSA) is 0 Å². The van der Waals surface area contributed by atoms with Crippen molar-refractivity contribution in [1.82, 2.24) is 0 Å². The predicted molar refractivity (Wildman–Crippen MR) is 185 cm³/mol. The maximum Gasteiger partial charge on any atom is 0.113 e. The summed E-state index contributed by atoms with van der Waals surface area (Å²) in [5.74, 6) is 0. The third-order valence-corrected chi connectivity index (χ3v) is 15.8. The Hall–Kier alpha value is -2.98. The molecule has 0 bridgehead atoms. The Kier molecular flexibility index (Phi) is 5.69. The molecule has 0 fully saturated rings. The Bertz CT molecular complexity index is 1990. The van der Waals surface area contributed by atoms with Crippen LogP contribution in [-0.2, 0) is 10.8 Å². The molecule has 7 rings (SSSR count). The molecule has 0 atom stereocenters. The fourth-order valence-electron chi connectivity index (χ4n) is 6.95. The van der Waals surface area contributed by atoms with Crippen LogP contribution in [0.15, 0.2) is 123 Å². The van der Waals surface area contributed by atoms with Crippen LogP contribution in [0.25, 0.3) is 11.1 Å². The zero-order chi connectivity index (χ0) is 31.9. The molecular weight excluding hydrogens is 561 g/mol. The summed E-state index contributed by atoms with van der Waals surface area (Å²) in [5, 5.41) is 2.65. The molecule has 0 aliphatic carbocycles. The fraction of sp³-hybridized carbons (Fsp3) is 0.231. The smallest absolute Gasteiger partial charge is 0.0896 e. The number of hydrogen-bond acceptors (Lipinski definition) is 2. The Balaban J connectivity index is 1.41. The van der Waals surface area contributed by atoms with E-state index in [0.29, 0.717) is 5.56 Å². The molecule has 5 aromatic rings. The van der Waals surface area contributed by atoms with E-state index in [0.717, 1.165) is 16.0 Å². The fourth-order valence-corrected chi connectivity index (χ4v) is 13.3. The second kappa shape index (κ2) is 9.77. The molecule has 0 nitrogen and oxygen atoms in total. The molecular formula is C39H38S2Si. The number of aryl methyl sites for hydroxylation is 1. The number of rotatable bonds is 3. The quantitative estimate of drug-likeness (QED) is 0.189. The molecule has 0 spiro atoms. The second-order valence-electron chi connectivity index (χ2n) is 13.2. The molecule has 0 radical (unpaired) electrons. The van der Waals surface area contributed by atoms with Gasteiger partial charge in [0.2, 0.25) is 0 Å². The van der Waals surface area contributed by atoms with Gasteiger partial charge in [-0.25, -0.2) is 0 Å². The van der Waals surface area contributed by atoms with Gasteiger partial charge >= 0.3 is 0 Å². The van der Waals surface area contributed by atoms with Crippen LogP contribution < -0.4 is 10.4 Å². The Morgan fingerprint density at radius 2 is 1.12 bits per heavy atom. The monoisotopic (exact) mass is 601 g/mol. The average molecular weight is 602 g/mol. The standard InChI is InChI=1S/C39H38S2Si/c1-25-22-23-26(24-28(25)27-14-12-17-31-36(27)40-33-19-10-8-15-29(33)38(31,2)3)42(6,7)35-21-13-18-32-37(35)41-34-20-11-9-16-30(34)39(32,4)5/h8-24H,1-7H3/i1D3. The summed E-state index contributed by atoms with van der Waals surface area (Å²) in [5.41, 5.74) is 7.27. The van der Waals surface area contributed by atoms with E-state index in [1.165, 1.54) is 47.3 Å². The first-order chi connectivity index (χ1) is 21.2. The highest BCUT2D eigenvalue weighted by Crippen LogP contribution is 2.52. The largest absolute Gasteiger partial charge is 0.113 e. The molecule has 2 heterocycles. The Labute approximate surface area is 265 Å². The van der Waals surface area contributed by atoms with Gasteiger partial charge < -0.3 is 0 Å². The summed E-state index contributed by atoms with van der Waals surface area (Å²) in [6.45, 7) is 11.8. The molecule has 0 aromatic heterocycles. The van der Waals surface area contributed by atoms with Gasteiger partial charge in [0.1, 0.15) is 8.07 Å². The van der Waals surface area contributed by atoms with Gasteiger partial charge in [-0.2, -0.15) is 0 Å². The van der Waals surface area contributed by atoms with E-state index in [1.807, 2.05) is 17.8 Å². The third-order valence-electron chi connectivity index (χ3n) is 9.63. The summed E-state index contributed by atoms with van der Waals surface area (Å²) in [6, 6.07) is 36.9. The Morgan fingerprint density at radius 3 is 1.76 bits per heavy atom. The molecule has 0 amide bonds. The molecule has 2 aliphatic rings. The van der Waals surface area contributed by atoms with Crippen LogP contribution in [0.1, 0.15) is 59.6 Å². The zero-order valence-electron chi connectivity index (χ0n) is 28.1. The Morgan fingerprint density at radius 1 is 0.571 bits per heavy atom. The van der Waals surface area contributed by atoms with Gasteiger partial charge in [-0.1, -0.05) is 160 Å². The first-order valence-corrected chi connectivity index (χ1v) is 19.3. The maximum atomic E-state index is 8.56. The highest BCUT2D eigenvalue weighted by molar-refractivity contribution is 8.00. The lowest BCUT2D eigenvalue weighted by atomic mass is 9.76. The first kappa shape index (κ1) is 24.5. The van der Waals surface area contributed by atoms with Gasteiger partial charge in [0.05, 0.1) is 0 Å². The van der Waals surface area contributed by atoms with Gasteiger partial charge in [0.25, 0.3) is 0 Å². The minimum atomic E-state index is -2.30. The molecule has 0 N–H and O–H groups in total. The lowest BCUT2D eigenvalue weighted by Gasteiger charge is -2.38. The van der Waals surface area contributed by atoms with Gasteiger partial charge in [0, 0.05) is 34.5 Å². The van der Waals surface area contributed by atoms with Gasteiger partial charge in [-0.15, -0.1) is 0 Å². The summed E-state index contributed by atoms with van der Waals surface area (Å²) in [4.78, 5) is 5.08. The van der Waals surface area contributed by atoms with E-state index in [9.17, 15) is 0 Å². The van der Waals surface area contributed by atoms with E-state index in [2.05, 4.69) is 138 Å². The number of fused-ring (bicyclic) bond motifs is 4. The zero-order valence-corrected chi connectivity index (χ0v) is 27.8. The van der Waals surface area contributed by atoms with Crippen LogP contribution in [0.2, 0.25) is 13.1 Å². The van der Waals surface area contributed by atoms with Crippen LogP contribution in [0.4, 0.5) is 0 Å². The predicted octanol–water partition coefficient (Wildman–Crippen LogP) is 10.1. The van der Waals surface area contributed by atoms with E-state index in [4.69, 9.17) is 4.11 Å². The van der Waals surface area contributed by atoms with Crippen LogP contribution in [0, 0.1) is 6.85 Å². The van der Waals surface area contributed by atoms with Gasteiger partial charge in [0.15, 0.2) is 0 Å². The van der Waals surface area contributed by atoms with Crippen molar-refractivity contribution in [2.75, 3.05) is 0 Å². The van der Waals surface area contributed by atoms with Crippen molar-refractivity contribution in [2.24, 2.45) is 0 Å². The average Bonchev–Trinajstić information content (AvgIpc) is 3.00. The van der Waals surface area contributed by atoms with Crippen molar-refractivity contribution in [1.29, 1.82) is 0 Å². The van der Waals surface area contributed by atoms with Crippen molar-refractivity contribution in [3.8, 4) is 11.1 Å². The molecule has 2 aliphatic heterocycles. The minimum Gasteiger partial charge on any atom is -0.0896 e. The molecule has 5 aromatic carbocycles. The molecule has 210 valence electrons. The molecule has 0 saturated carbocycles. The van der Waals surface area contributed by atoms with E-state index in [1.54, 1.807) is 11.8 Å². The van der Waals surface area contributed by atoms with Crippen molar-refractivity contribution >= 4 is 42.0 Å². The number of hydrogen-bond donors (Lipinski definition) is 0. The van der Waals surface area contributed by atoms with E-state index >= 15 is 0 Å². The number of benzene rings is 5. The van der Waals surface area contributed by atoms with Crippen molar-refractivity contribution < 1.29 is 4.11 Å². The molecule has 0 unspecified atom stereocenters. The maximum absolute atomic E-state index is 8.56. The highest BCUT2D eigenvalue weighted by Gasteiger charge is 2.38. The van der Waals surface area contributed by atoms with Crippen molar-refractivity contribution in [2.45, 2.75) is 78.1 Å². The van der Waals surface area contributed by atoms with E-state index < -0.39 is 14.9 Å². The van der Waals surface area contributed by atoms with Crippen molar-refractivity contribution in [3.05, 3.63) is 131 Å². The van der Waals surface area contributed by atoms with E-state index in [-0.39, 0.29) is 10.8 Å². The van der Waals surface area contributed by atoms with Crippen LogP contribution in [-0.4, -0.2) is 8.07 Å². The van der Waals surface area contributed by atoms with Crippen LogP contribution in [0.5, 0.6) is 0 Å². The summed E-state index contributed by atoms with van der Waals surface area (Å²) >= 11 is 3.67. The minimum absolute atomic E-state index is 0.0998. The van der Waals surface area contributed by atoms with Crippen LogP contribution >= 0.6 is 23.5 Å². The highest BCUT2D eigenvalue weighted by atomic mass is 32.2. The van der Waals surface area contributed by atoms with Crippen molar-refractivity contribution in [3.63, 3.8) is 0 Å². The summed E-state index contributed by atoms with van der Waals surface area (Å²) in [6.07, 6.45) is 0. The summed E-state index contributed by atoms with van der Waals surface area (Å²) in [7, 11) is -2.30. The molecule has 3 heteroatoms. The third kappa shape index (κ3) is 4.12. The lowest BCUT2D eigenvalue weighted by Crippen LogP contribution is -2.54.